The van der Waals surface area contributed by atoms with Crippen LogP contribution in [0.15, 0.2) is 54.6 Å². The van der Waals surface area contributed by atoms with E-state index < -0.39 is 0 Å². The van der Waals surface area contributed by atoms with Crippen LogP contribution in [0.5, 0.6) is 11.5 Å². The predicted octanol–water partition coefficient (Wildman–Crippen LogP) is 4.25. The zero-order chi connectivity index (χ0) is 13.6. The zero-order valence-corrected chi connectivity index (χ0v) is 12.2. The molecule has 0 aromatic heterocycles. The number of rotatable bonds is 3. The molecule has 3 heteroatoms. The number of hydrogen-bond acceptors (Lipinski definition) is 3. The van der Waals surface area contributed by atoms with Gasteiger partial charge in [-0.2, -0.15) is 11.8 Å². The quantitative estimate of drug-likeness (QED) is 0.911. The first-order valence-corrected chi connectivity index (χ1v) is 8.12. The molecule has 2 aromatic rings. The van der Waals surface area contributed by atoms with E-state index in [2.05, 4.69) is 29.6 Å². The fourth-order valence-corrected chi connectivity index (χ4v) is 3.53. The molecule has 0 saturated carbocycles. The van der Waals surface area contributed by atoms with E-state index in [4.69, 9.17) is 4.74 Å². The highest BCUT2D eigenvalue weighted by Crippen LogP contribution is 2.34. The standard InChI is InChI=1S/C17H19NOS/c1-2-4-15(5-3-1)19-16-8-6-14(7-9-16)17-10-11-18-12-13-20-17/h1-9,17-18H,10-13H2. The van der Waals surface area contributed by atoms with Gasteiger partial charge in [-0.1, -0.05) is 30.3 Å². The van der Waals surface area contributed by atoms with Crippen LogP contribution in [0.4, 0.5) is 0 Å². The minimum atomic E-state index is 0.607. The summed E-state index contributed by atoms with van der Waals surface area (Å²) in [4.78, 5) is 0. The van der Waals surface area contributed by atoms with Crippen molar-refractivity contribution in [3.05, 3.63) is 60.2 Å². The van der Waals surface area contributed by atoms with E-state index in [9.17, 15) is 0 Å². The molecule has 104 valence electrons. The Labute approximate surface area is 124 Å². The molecule has 0 spiro atoms. The molecule has 1 fully saturated rings. The molecule has 1 aliphatic heterocycles. The molecule has 1 aliphatic rings. The lowest BCUT2D eigenvalue weighted by atomic mass is 10.1. The van der Waals surface area contributed by atoms with Gasteiger partial charge < -0.3 is 10.1 Å². The van der Waals surface area contributed by atoms with Crippen molar-refractivity contribution < 1.29 is 4.74 Å². The molecule has 2 aromatic carbocycles. The summed E-state index contributed by atoms with van der Waals surface area (Å²) < 4.78 is 5.83. The second-order valence-electron chi connectivity index (χ2n) is 4.88. The Balaban J connectivity index is 1.67. The maximum atomic E-state index is 5.83. The Bertz CT molecular complexity index is 518. The number of benzene rings is 2. The van der Waals surface area contributed by atoms with Gasteiger partial charge in [-0.15, -0.1) is 0 Å². The summed E-state index contributed by atoms with van der Waals surface area (Å²) in [5.41, 5.74) is 1.40. The molecule has 0 radical (unpaired) electrons. The number of thioether (sulfide) groups is 1. The molecule has 3 rings (SSSR count). The molecule has 0 amide bonds. The molecule has 1 saturated heterocycles. The van der Waals surface area contributed by atoms with Crippen LogP contribution in [-0.4, -0.2) is 18.8 Å². The van der Waals surface area contributed by atoms with Crippen LogP contribution < -0.4 is 10.1 Å². The Kier molecular flexibility index (Phi) is 4.61. The van der Waals surface area contributed by atoms with Gasteiger partial charge in [-0.3, -0.25) is 0 Å². The molecule has 1 heterocycles. The molecule has 0 aliphatic carbocycles. The van der Waals surface area contributed by atoms with Crippen molar-refractivity contribution >= 4 is 11.8 Å². The lowest BCUT2D eigenvalue weighted by Crippen LogP contribution is -2.15. The average Bonchev–Trinajstić information content (AvgIpc) is 2.78. The van der Waals surface area contributed by atoms with Crippen molar-refractivity contribution in [2.45, 2.75) is 11.7 Å². The van der Waals surface area contributed by atoms with Crippen molar-refractivity contribution in [2.75, 3.05) is 18.8 Å². The molecule has 2 nitrogen and oxygen atoms in total. The minimum absolute atomic E-state index is 0.607. The number of para-hydroxylation sites is 1. The minimum Gasteiger partial charge on any atom is -0.457 e. The van der Waals surface area contributed by atoms with Crippen LogP contribution in [0.1, 0.15) is 17.2 Å². The molecule has 0 bridgehead atoms. The Morgan fingerprint density at radius 3 is 2.45 bits per heavy atom. The second-order valence-corrected chi connectivity index (χ2v) is 6.19. The lowest BCUT2D eigenvalue weighted by molar-refractivity contribution is 0.482. The molecule has 1 N–H and O–H groups in total. The van der Waals surface area contributed by atoms with Gasteiger partial charge in [0.05, 0.1) is 0 Å². The van der Waals surface area contributed by atoms with Crippen molar-refractivity contribution in [1.29, 1.82) is 0 Å². The highest BCUT2D eigenvalue weighted by atomic mass is 32.2. The topological polar surface area (TPSA) is 21.3 Å². The van der Waals surface area contributed by atoms with Crippen LogP contribution in [0.2, 0.25) is 0 Å². The van der Waals surface area contributed by atoms with Gasteiger partial charge >= 0.3 is 0 Å². The predicted molar refractivity (Wildman–Crippen MR) is 85.6 cm³/mol. The second kappa shape index (κ2) is 6.82. The van der Waals surface area contributed by atoms with Gasteiger partial charge in [0, 0.05) is 17.5 Å². The van der Waals surface area contributed by atoms with E-state index in [-0.39, 0.29) is 0 Å². The summed E-state index contributed by atoms with van der Waals surface area (Å²) in [6, 6.07) is 18.4. The fraction of sp³-hybridized carbons (Fsp3) is 0.294. The largest absolute Gasteiger partial charge is 0.457 e. The summed E-state index contributed by atoms with van der Waals surface area (Å²) >= 11 is 2.04. The average molecular weight is 285 g/mol. The summed E-state index contributed by atoms with van der Waals surface area (Å²) in [5, 5.41) is 4.05. The monoisotopic (exact) mass is 285 g/mol. The van der Waals surface area contributed by atoms with E-state index >= 15 is 0 Å². The van der Waals surface area contributed by atoms with Crippen LogP contribution >= 0.6 is 11.8 Å². The molecule has 1 unspecified atom stereocenters. The number of nitrogens with one attached hydrogen (secondary N) is 1. The lowest BCUT2D eigenvalue weighted by Gasteiger charge is -2.14. The highest BCUT2D eigenvalue weighted by molar-refractivity contribution is 7.99. The van der Waals surface area contributed by atoms with Crippen molar-refractivity contribution in [2.24, 2.45) is 0 Å². The maximum Gasteiger partial charge on any atom is 0.127 e. The normalized spacial score (nSPS) is 19.3. The van der Waals surface area contributed by atoms with Gasteiger partial charge in [0.2, 0.25) is 0 Å². The maximum absolute atomic E-state index is 5.83. The third kappa shape index (κ3) is 3.56. The van der Waals surface area contributed by atoms with E-state index in [0.717, 1.165) is 24.6 Å². The zero-order valence-electron chi connectivity index (χ0n) is 11.4. The highest BCUT2D eigenvalue weighted by Gasteiger charge is 2.14. The molecule has 20 heavy (non-hydrogen) atoms. The molecule has 1 atom stereocenters. The smallest absolute Gasteiger partial charge is 0.127 e. The Morgan fingerprint density at radius 1 is 0.900 bits per heavy atom. The fourth-order valence-electron chi connectivity index (χ4n) is 2.35. The summed E-state index contributed by atoms with van der Waals surface area (Å²) in [6.45, 7) is 2.23. The van der Waals surface area contributed by atoms with Gasteiger partial charge in [0.25, 0.3) is 0 Å². The van der Waals surface area contributed by atoms with Gasteiger partial charge in [0.15, 0.2) is 0 Å². The first-order chi connectivity index (χ1) is 9.92. The third-order valence-electron chi connectivity index (χ3n) is 3.41. The Hall–Kier alpha value is -1.45. The van der Waals surface area contributed by atoms with Crippen LogP contribution in [0.25, 0.3) is 0 Å². The first-order valence-electron chi connectivity index (χ1n) is 7.07. The Morgan fingerprint density at radius 2 is 1.65 bits per heavy atom. The van der Waals surface area contributed by atoms with Gasteiger partial charge in [0.1, 0.15) is 11.5 Å². The van der Waals surface area contributed by atoms with Crippen LogP contribution in [0.3, 0.4) is 0 Å². The number of hydrogen-bond donors (Lipinski definition) is 1. The number of ether oxygens (including phenoxy) is 1. The van der Waals surface area contributed by atoms with Crippen LogP contribution in [0, 0.1) is 0 Å². The molecular weight excluding hydrogens is 266 g/mol. The SMILES string of the molecule is c1ccc(Oc2ccc(C3CCNCCS3)cc2)cc1. The third-order valence-corrected chi connectivity index (χ3v) is 4.76. The summed E-state index contributed by atoms with van der Waals surface area (Å²) in [5.74, 6) is 2.97. The van der Waals surface area contributed by atoms with Crippen molar-refractivity contribution in [3.8, 4) is 11.5 Å². The van der Waals surface area contributed by atoms with E-state index in [1.54, 1.807) is 0 Å². The summed E-state index contributed by atoms with van der Waals surface area (Å²) in [6.07, 6.45) is 1.20. The van der Waals surface area contributed by atoms with E-state index in [1.165, 1.54) is 17.7 Å². The van der Waals surface area contributed by atoms with Crippen LogP contribution in [-0.2, 0) is 0 Å². The first kappa shape index (κ1) is 13.5. The van der Waals surface area contributed by atoms with Gasteiger partial charge in [-0.05, 0) is 42.8 Å². The summed E-state index contributed by atoms with van der Waals surface area (Å²) in [7, 11) is 0. The van der Waals surface area contributed by atoms with E-state index in [1.807, 2.05) is 42.1 Å². The van der Waals surface area contributed by atoms with Gasteiger partial charge in [-0.25, -0.2) is 0 Å². The van der Waals surface area contributed by atoms with Crippen molar-refractivity contribution in [1.82, 2.24) is 5.32 Å². The molecular formula is C17H19NOS. The van der Waals surface area contributed by atoms with E-state index in [0.29, 0.717) is 5.25 Å². The van der Waals surface area contributed by atoms with Crippen molar-refractivity contribution in [3.63, 3.8) is 0 Å².